The second-order valence-electron chi connectivity index (χ2n) is 6.34. The van der Waals surface area contributed by atoms with Crippen molar-refractivity contribution >= 4 is 5.91 Å². The summed E-state index contributed by atoms with van der Waals surface area (Å²) in [5.41, 5.74) is 3.34. The van der Waals surface area contributed by atoms with Crippen LogP contribution in [-0.4, -0.2) is 46.8 Å². The number of aromatic nitrogens is 2. The Balaban J connectivity index is 1.80. The highest BCUT2D eigenvalue weighted by Crippen LogP contribution is 2.18. The molecule has 1 aromatic heterocycles. The third kappa shape index (κ3) is 3.29. The van der Waals surface area contributed by atoms with Crippen molar-refractivity contribution in [2.45, 2.75) is 32.7 Å². The lowest BCUT2D eigenvalue weighted by atomic mass is 10.0. The number of para-hydroxylation sites is 1. The zero-order chi connectivity index (χ0) is 16.4. The van der Waals surface area contributed by atoms with Gasteiger partial charge in [0.1, 0.15) is 0 Å². The third-order valence-electron chi connectivity index (χ3n) is 4.57. The number of piperidine rings is 1. The van der Waals surface area contributed by atoms with Crippen LogP contribution in [0.5, 0.6) is 0 Å². The molecule has 1 N–H and O–H groups in total. The number of benzene rings is 1. The lowest BCUT2D eigenvalue weighted by Crippen LogP contribution is -2.43. The topological polar surface area (TPSA) is 50.2 Å². The number of nitrogens with zero attached hydrogens (tertiary/aromatic N) is 3. The van der Waals surface area contributed by atoms with Crippen LogP contribution in [0.2, 0.25) is 0 Å². The molecular formula is C18H24N4O. The van der Waals surface area contributed by atoms with Crippen molar-refractivity contribution in [2.75, 3.05) is 20.1 Å². The summed E-state index contributed by atoms with van der Waals surface area (Å²) < 4.78 is 1.85. The van der Waals surface area contributed by atoms with Gasteiger partial charge in [-0.05, 0) is 59.0 Å². The van der Waals surface area contributed by atoms with Crippen LogP contribution >= 0.6 is 0 Å². The number of aryl methyl sites for hydroxylation is 1. The van der Waals surface area contributed by atoms with Gasteiger partial charge in [-0.2, -0.15) is 5.10 Å². The second-order valence-corrected chi connectivity index (χ2v) is 6.34. The maximum Gasteiger partial charge on any atom is 0.255 e. The van der Waals surface area contributed by atoms with Crippen LogP contribution in [0.4, 0.5) is 0 Å². The van der Waals surface area contributed by atoms with E-state index in [1.165, 1.54) is 0 Å². The SMILES string of the molecule is Cc1nn(-c2ccccc2)c(C)c1C(=O)NC1CCN(C)CC1. The molecule has 3 rings (SSSR count). The highest BCUT2D eigenvalue weighted by molar-refractivity contribution is 5.96. The number of carbonyl (C=O) groups is 1. The molecule has 2 aromatic rings. The molecule has 2 heterocycles. The van der Waals surface area contributed by atoms with E-state index < -0.39 is 0 Å². The fraction of sp³-hybridized carbons (Fsp3) is 0.444. The van der Waals surface area contributed by atoms with Gasteiger partial charge < -0.3 is 10.2 Å². The molecule has 0 atom stereocenters. The van der Waals surface area contributed by atoms with Crippen LogP contribution in [0.3, 0.4) is 0 Å². The molecule has 0 radical (unpaired) electrons. The van der Waals surface area contributed by atoms with Crippen LogP contribution in [0, 0.1) is 13.8 Å². The average molecular weight is 312 g/mol. The lowest BCUT2D eigenvalue weighted by Gasteiger charge is -2.29. The molecule has 23 heavy (non-hydrogen) atoms. The van der Waals surface area contributed by atoms with Gasteiger partial charge in [0.25, 0.3) is 5.91 Å². The molecule has 122 valence electrons. The first kappa shape index (κ1) is 15.7. The summed E-state index contributed by atoms with van der Waals surface area (Å²) in [6.45, 7) is 5.92. The summed E-state index contributed by atoms with van der Waals surface area (Å²) in [5.74, 6) is -0.00302. The van der Waals surface area contributed by atoms with E-state index in [4.69, 9.17) is 0 Å². The first-order valence-corrected chi connectivity index (χ1v) is 8.17. The average Bonchev–Trinajstić information content (AvgIpc) is 2.85. The number of carbonyl (C=O) groups excluding carboxylic acids is 1. The number of rotatable bonds is 3. The van der Waals surface area contributed by atoms with Crippen molar-refractivity contribution < 1.29 is 4.79 Å². The Morgan fingerprint density at radius 2 is 1.83 bits per heavy atom. The van der Waals surface area contributed by atoms with Gasteiger partial charge in [-0.25, -0.2) is 4.68 Å². The Morgan fingerprint density at radius 1 is 1.17 bits per heavy atom. The summed E-state index contributed by atoms with van der Waals surface area (Å²) in [5, 5.41) is 7.74. The largest absolute Gasteiger partial charge is 0.349 e. The molecule has 0 saturated carbocycles. The third-order valence-corrected chi connectivity index (χ3v) is 4.57. The molecule has 5 nitrogen and oxygen atoms in total. The summed E-state index contributed by atoms with van der Waals surface area (Å²) >= 11 is 0. The number of hydrogen-bond donors (Lipinski definition) is 1. The quantitative estimate of drug-likeness (QED) is 0.946. The second kappa shape index (κ2) is 6.54. The first-order valence-electron chi connectivity index (χ1n) is 8.17. The molecule has 1 fully saturated rings. The van der Waals surface area contributed by atoms with Crippen molar-refractivity contribution in [2.24, 2.45) is 0 Å². The van der Waals surface area contributed by atoms with Crippen LogP contribution in [0.15, 0.2) is 30.3 Å². The molecule has 1 aliphatic rings. The van der Waals surface area contributed by atoms with Crippen molar-refractivity contribution in [3.8, 4) is 5.69 Å². The molecule has 1 aliphatic heterocycles. The summed E-state index contributed by atoms with van der Waals surface area (Å²) in [7, 11) is 2.12. The Kier molecular flexibility index (Phi) is 4.48. The monoisotopic (exact) mass is 312 g/mol. The van der Waals surface area contributed by atoms with E-state index in [0.29, 0.717) is 5.56 Å². The summed E-state index contributed by atoms with van der Waals surface area (Å²) in [6.07, 6.45) is 2.01. The summed E-state index contributed by atoms with van der Waals surface area (Å²) in [6, 6.07) is 10.2. The lowest BCUT2D eigenvalue weighted by molar-refractivity contribution is 0.0915. The fourth-order valence-corrected chi connectivity index (χ4v) is 3.20. The van der Waals surface area contributed by atoms with Crippen LogP contribution in [0.25, 0.3) is 5.69 Å². The Bertz CT molecular complexity index is 685. The molecule has 0 aliphatic carbocycles. The highest BCUT2D eigenvalue weighted by atomic mass is 16.1. The van der Waals surface area contributed by atoms with Crippen molar-refractivity contribution in [3.63, 3.8) is 0 Å². The molecule has 0 spiro atoms. The minimum atomic E-state index is -0.00302. The highest BCUT2D eigenvalue weighted by Gasteiger charge is 2.23. The van der Waals surface area contributed by atoms with Crippen molar-refractivity contribution in [1.29, 1.82) is 0 Å². The smallest absolute Gasteiger partial charge is 0.255 e. The molecular weight excluding hydrogens is 288 g/mol. The van der Waals surface area contributed by atoms with Gasteiger partial charge in [0.2, 0.25) is 0 Å². The van der Waals surface area contributed by atoms with Gasteiger partial charge >= 0.3 is 0 Å². The standard InChI is InChI=1S/C18H24N4O/c1-13-17(18(23)19-15-9-11-21(3)12-10-15)14(2)22(20-13)16-7-5-4-6-8-16/h4-8,15H,9-12H2,1-3H3,(H,19,23). The molecule has 5 heteroatoms. The van der Waals surface area contributed by atoms with Gasteiger partial charge in [-0.15, -0.1) is 0 Å². The van der Waals surface area contributed by atoms with E-state index in [1.54, 1.807) is 0 Å². The zero-order valence-electron chi connectivity index (χ0n) is 14.0. The molecule has 1 saturated heterocycles. The van der Waals surface area contributed by atoms with E-state index in [-0.39, 0.29) is 11.9 Å². The van der Waals surface area contributed by atoms with Gasteiger partial charge in [-0.1, -0.05) is 18.2 Å². The molecule has 0 unspecified atom stereocenters. The Labute approximate surface area is 137 Å². The normalized spacial score (nSPS) is 16.5. The minimum Gasteiger partial charge on any atom is -0.349 e. The first-order chi connectivity index (χ1) is 11.1. The zero-order valence-corrected chi connectivity index (χ0v) is 14.0. The predicted octanol–water partition coefficient (Wildman–Crippen LogP) is 2.31. The van der Waals surface area contributed by atoms with Crippen molar-refractivity contribution in [1.82, 2.24) is 20.0 Å². The van der Waals surface area contributed by atoms with E-state index in [2.05, 4.69) is 22.4 Å². The Hall–Kier alpha value is -2.14. The van der Waals surface area contributed by atoms with E-state index in [9.17, 15) is 4.79 Å². The number of hydrogen-bond acceptors (Lipinski definition) is 3. The number of amides is 1. The van der Waals surface area contributed by atoms with E-state index in [0.717, 1.165) is 43.0 Å². The van der Waals surface area contributed by atoms with Gasteiger partial charge in [-0.3, -0.25) is 4.79 Å². The van der Waals surface area contributed by atoms with Gasteiger partial charge in [0.05, 0.1) is 22.6 Å². The molecule has 1 amide bonds. The summed E-state index contributed by atoms with van der Waals surface area (Å²) in [4.78, 5) is 15.0. The van der Waals surface area contributed by atoms with E-state index >= 15 is 0 Å². The van der Waals surface area contributed by atoms with Crippen molar-refractivity contribution in [3.05, 3.63) is 47.3 Å². The van der Waals surface area contributed by atoms with E-state index in [1.807, 2.05) is 48.9 Å². The Morgan fingerprint density at radius 3 is 2.48 bits per heavy atom. The number of likely N-dealkylation sites (tertiary alicyclic amines) is 1. The predicted molar refractivity (Wildman–Crippen MR) is 91.0 cm³/mol. The van der Waals surface area contributed by atoms with Crippen LogP contribution in [0.1, 0.15) is 34.6 Å². The van der Waals surface area contributed by atoms with Gasteiger partial charge in [0, 0.05) is 6.04 Å². The molecule has 0 bridgehead atoms. The molecule has 1 aromatic carbocycles. The maximum absolute atomic E-state index is 12.7. The minimum absolute atomic E-state index is 0.00302. The van der Waals surface area contributed by atoms with Crippen LogP contribution in [-0.2, 0) is 0 Å². The fourth-order valence-electron chi connectivity index (χ4n) is 3.20. The van der Waals surface area contributed by atoms with Crippen LogP contribution < -0.4 is 5.32 Å². The van der Waals surface area contributed by atoms with Gasteiger partial charge in [0.15, 0.2) is 0 Å². The number of nitrogens with one attached hydrogen (secondary N) is 1. The maximum atomic E-state index is 12.7.